The fraction of sp³-hybridized carbons (Fsp3) is 0.900. The smallest absolute Gasteiger partial charge is 0.307 e. The van der Waals surface area contributed by atoms with Gasteiger partial charge in [-0.15, -0.1) is 0 Å². The summed E-state index contributed by atoms with van der Waals surface area (Å²) in [5, 5.41) is 19.7. The molecule has 4 N–H and O–H groups in total. The number of rotatable bonds is 10. The minimum Gasteiger partial charge on any atom is -0.481 e. The number of hydrogen-bond donors (Lipinski definition) is 3. The van der Waals surface area contributed by atoms with Crippen LogP contribution in [0.4, 0.5) is 0 Å². The first-order valence-corrected chi connectivity index (χ1v) is 9.12. The lowest BCUT2D eigenvalue weighted by molar-refractivity contribution is -0.158. The van der Waals surface area contributed by atoms with Gasteiger partial charge in [0.15, 0.2) is 0 Å². The highest BCUT2D eigenvalue weighted by Crippen LogP contribution is 2.49. The number of aliphatic carboxylic acids is 2. The Kier molecular flexibility index (Phi) is 7.31. The average Bonchev–Trinajstić information content (AvgIpc) is 2.31. The van der Waals surface area contributed by atoms with Gasteiger partial charge in [-0.2, -0.15) is 0 Å². The first-order valence-electron chi connectivity index (χ1n) is 9.12. The molecule has 0 amide bonds. The molecule has 0 saturated heterocycles. The highest BCUT2D eigenvalue weighted by molar-refractivity contribution is 5.73. The van der Waals surface area contributed by atoms with Crippen molar-refractivity contribution in [1.29, 1.82) is 0 Å². The summed E-state index contributed by atoms with van der Waals surface area (Å²) in [4.78, 5) is 24.0. The quantitative estimate of drug-likeness (QED) is 0.538. The zero-order valence-electron chi connectivity index (χ0n) is 17.6. The van der Waals surface area contributed by atoms with Gasteiger partial charge in [-0.3, -0.25) is 9.59 Å². The van der Waals surface area contributed by atoms with Gasteiger partial charge in [-0.05, 0) is 42.9 Å². The van der Waals surface area contributed by atoms with Crippen LogP contribution in [0.25, 0.3) is 0 Å². The van der Waals surface area contributed by atoms with Crippen LogP contribution in [0, 0.1) is 28.1 Å². The molecular formula is C20H39NO4. The van der Waals surface area contributed by atoms with Gasteiger partial charge in [0.2, 0.25) is 0 Å². The second-order valence-electron chi connectivity index (χ2n) is 10.4. The maximum Gasteiger partial charge on any atom is 0.307 e. The van der Waals surface area contributed by atoms with Crippen molar-refractivity contribution in [3.63, 3.8) is 0 Å². The van der Waals surface area contributed by atoms with E-state index in [-0.39, 0.29) is 0 Å². The standard InChI is InChI=1S/C20H39NO4/c1-10-17(2,3)14(16(24)25)18(4,5)11-13(15(22)23)19(6,7)12-20(8,9)21/h13-14H,10-12,21H2,1-9H3,(H,22,23)(H,24,25). The Balaban J connectivity index is 5.83. The van der Waals surface area contributed by atoms with Crippen molar-refractivity contribution in [2.24, 2.45) is 33.8 Å². The van der Waals surface area contributed by atoms with E-state index in [1.165, 1.54) is 0 Å². The van der Waals surface area contributed by atoms with Crippen molar-refractivity contribution in [3.8, 4) is 0 Å². The summed E-state index contributed by atoms with van der Waals surface area (Å²) in [5.41, 5.74) is 4.02. The van der Waals surface area contributed by atoms with Crippen LogP contribution in [0.1, 0.15) is 81.6 Å². The second kappa shape index (κ2) is 7.65. The van der Waals surface area contributed by atoms with Gasteiger partial charge in [-0.25, -0.2) is 0 Å². The molecular weight excluding hydrogens is 318 g/mol. The fourth-order valence-electron chi connectivity index (χ4n) is 4.57. The van der Waals surface area contributed by atoms with E-state index in [0.717, 1.165) is 0 Å². The van der Waals surface area contributed by atoms with E-state index in [1.54, 1.807) is 0 Å². The summed E-state index contributed by atoms with van der Waals surface area (Å²) in [6, 6.07) is 0. The molecule has 2 unspecified atom stereocenters. The minimum atomic E-state index is -0.888. The zero-order chi connectivity index (χ0) is 20.4. The molecule has 5 nitrogen and oxygen atoms in total. The van der Waals surface area contributed by atoms with Crippen molar-refractivity contribution >= 4 is 11.9 Å². The third-order valence-corrected chi connectivity index (χ3v) is 5.60. The summed E-state index contributed by atoms with van der Waals surface area (Å²) in [5.74, 6) is -3.05. The molecule has 0 aromatic heterocycles. The first kappa shape index (κ1) is 23.9. The summed E-state index contributed by atoms with van der Waals surface area (Å²) < 4.78 is 0. The number of hydrogen-bond acceptors (Lipinski definition) is 3. The van der Waals surface area contributed by atoms with Crippen LogP contribution < -0.4 is 5.73 Å². The van der Waals surface area contributed by atoms with E-state index in [4.69, 9.17) is 5.73 Å². The van der Waals surface area contributed by atoms with Gasteiger partial charge in [-0.1, -0.05) is 54.9 Å². The number of carboxylic acid groups (broad SMARTS) is 2. The van der Waals surface area contributed by atoms with Crippen LogP contribution in [0.15, 0.2) is 0 Å². The molecule has 2 atom stereocenters. The van der Waals surface area contributed by atoms with Crippen molar-refractivity contribution in [2.75, 3.05) is 0 Å². The molecule has 0 heterocycles. The molecule has 0 fully saturated rings. The third-order valence-electron chi connectivity index (χ3n) is 5.60. The maximum atomic E-state index is 12.0. The summed E-state index contributed by atoms with van der Waals surface area (Å²) >= 11 is 0. The molecule has 0 aromatic rings. The van der Waals surface area contributed by atoms with Crippen molar-refractivity contribution < 1.29 is 19.8 Å². The second-order valence-corrected chi connectivity index (χ2v) is 10.4. The average molecular weight is 358 g/mol. The van der Waals surface area contributed by atoms with E-state index in [2.05, 4.69) is 0 Å². The van der Waals surface area contributed by atoms with Gasteiger partial charge < -0.3 is 15.9 Å². The van der Waals surface area contributed by atoms with Gasteiger partial charge in [0.25, 0.3) is 0 Å². The van der Waals surface area contributed by atoms with Crippen LogP contribution >= 0.6 is 0 Å². The molecule has 0 aliphatic heterocycles. The fourth-order valence-corrected chi connectivity index (χ4v) is 4.57. The maximum absolute atomic E-state index is 12.0. The molecule has 0 rings (SSSR count). The Morgan fingerprint density at radius 3 is 1.56 bits per heavy atom. The monoisotopic (exact) mass is 357 g/mol. The van der Waals surface area contributed by atoms with E-state index in [1.807, 2.05) is 62.3 Å². The zero-order valence-corrected chi connectivity index (χ0v) is 17.6. The number of carbonyl (C=O) groups is 2. The highest BCUT2D eigenvalue weighted by Gasteiger charge is 2.49. The molecule has 0 bridgehead atoms. The topological polar surface area (TPSA) is 101 Å². The molecule has 25 heavy (non-hydrogen) atoms. The Morgan fingerprint density at radius 2 is 1.28 bits per heavy atom. The molecule has 148 valence electrons. The lowest BCUT2D eigenvalue weighted by atomic mass is 9.58. The lowest BCUT2D eigenvalue weighted by Gasteiger charge is -2.45. The van der Waals surface area contributed by atoms with Gasteiger partial charge in [0.05, 0.1) is 11.8 Å². The summed E-state index contributed by atoms with van der Waals surface area (Å²) in [7, 11) is 0. The molecule has 0 radical (unpaired) electrons. The Morgan fingerprint density at radius 1 is 0.840 bits per heavy atom. The third kappa shape index (κ3) is 6.61. The van der Waals surface area contributed by atoms with Gasteiger partial charge in [0.1, 0.15) is 0 Å². The van der Waals surface area contributed by atoms with Crippen LogP contribution in [-0.2, 0) is 9.59 Å². The Hall–Kier alpha value is -1.10. The molecule has 5 heteroatoms. The molecule has 0 saturated carbocycles. The van der Waals surface area contributed by atoms with Gasteiger partial charge in [0, 0.05) is 5.54 Å². The van der Waals surface area contributed by atoms with Gasteiger partial charge >= 0.3 is 11.9 Å². The Bertz CT molecular complexity index is 486. The van der Waals surface area contributed by atoms with Crippen LogP contribution in [0.3, 0.4) is 0 Å². The van der Waals surface area contributed by atoms with E-state index in [9.17, 15) is 19.8 Å². The van der Waals surface area contributed by atoms with E-state index in [0.29, 0.717) is 19.3 Å². The minimum absolute atomic E-state index is 0.297. The number of nitrogens with two attached hydrogens (primary N) is 1. The van der Waals surface area contributed by atoms with Crippen LogP contribution in [0.2, 0.25) is 0 Å². The highest BCUT2D eigenvalue weighted by atomic mass is 16.4. The van der Waals surface area contributed by atoms with E-state index < -0.39 is 45.6 Å². The Labute approximate surface area is 153 Å². The largest absolute Gasteiger partial charge is 0.481 e. The lowest BCUT2D eigenvalue weighted by Crippen LogP contribution is -2.47. The number of carboxylic acids is 2. The molecule has 0 aliphatic rings. The van der Waals surface area contributed by atoms with E-state index >= 15 is 0 Å². The molecule has 0 spiro atoms. The predicted molar refractivity (Wildman–Crippen MR) is 101 cm³/mol. The normalized spacial score (nSPS) is 16.4. The van der Waals surface area contributed by atoms with Crippen LogP contribution in [-0.4, -0.2) is 27.7 Å². The summed E-state index contributed by atoms with van der Waals surface area (Å²) in [6.07, 6.45) is 1.55. The SMILES string of the molecule is CCC(C)(C)C(C(=O)O)C(C)(C)CC(C(=O)O)C(C)(C)CC(C)(C)N. The van der Waals surface area contributed by atoms with Crippen molar-refractivity contribution in [2.45, 2.75) is 87.1 Å². The predicted octanol–water partition coefficient (Wildman–Crippen LogP) is 4.39. The van der Waals surface area contributed by atoms with Crippen LogP contribution in [0.5, 0.6) is 0 Å². The first-order chi connectivity index (χ1) is 10.9. The van der Waals surface area contributed by atoms with Crippen molar-refractivity contribution in [1.82, 2.24) is 0 Å². The molecule has 0 aliphatic carbocycles. The van der Waals surface area contributed by atoms with Crippen molar-refractivity contribution in [3.05, 3.63) is 0 Å². The molecule has 0 aromatic carbocycles. The summed E-state index contributed by atoms with van der Waals surface area (Å²) in [6.45, 7) is 17.2.